The number of aryl methyl sites for hydroxylation is 1. The van der Waals surface area contributed by atoms with E-state index in [1.807, 2.05) is 18.0 Å². The van der Waals surface area contributed by atoms with Crippen molar-refractivity contribution in [2.45, 2.75) is 51.1 Å². The molecule has 96 valence electrons. The molecular formula is C13H23N3S. The number of unbranched alkanes of at least 4 members (excludes halogenated alkanes) is 1. The van der Waals surface area contributed by atoms with E-state index in [1.54, 1.807) is 0 Å². The van der Waals surface area contributed by atoms with Crippen LogP contribution in [0.3, 0.4) is 0 Å². The first-order valence-electron chi connectivity index (χ1n) is 6.67. The molecular weight excluding hydrogens is 230 g/mol. The van der Waals surface area contributed by atoms with Gasteiger partial charge in [0, 0.05) is 25.0 Å². The molecule has 0 aliphatic heterocycles. The molecule has 0 amide bonds. The summed E-state index contributed by atoms with van der Waals surface area (Å²) in [6.45, 7) is 1.09. The van der Waals surface area contributed by atoms with Crippen molar-refractivity contribution >= 4 is 17.7 Å². The molecule has 0 unspecified atom stereocenters. The normalized spacial score (nSPS) is 16.5. The van der Waals surface area contributed by atoms with Gasteiger partial charge in [-0.05, 0) is 37.7 Å². The zero-order valence-corrected chi connectivity index (χ0v) is 11.5. The summed E-state index contributed by atoms with van der Waals surface area (Å²) in [5, 5.41) is 3.58. The second-order valence-electron chi connectivity index (χ2n) is 4.77. The standard InChI is InChI=1S/C13H23N3S/c1-17-11-5-4-9-16-10-8-14-13(16)15-12-6-2-3-7-12/h8,10,12H,2-7,9,11H2,1H3,(H,14,15). The van der Waals surface area contributed by atoms with Gasteiger partial charge < -0.3 is 9.88 Å². The van der Waals surface area contributed by atoms with Gasteiger partial charge in [0.05, 0.1) is 0 Å². The molecule has 0 spiro atoms. The van der Waals surface area contributed by atoms with Gasteiger partial charge in [-0.1, -0.05) is 12.8 Å². The van der Waals surface area contributed by atoms with Crippen molar-refractivity contribution in [3.63, 3.8) is 0 Å². The lowest BCUT2D eigenvalue weighted by Crippen LogP contribution is -2.18. The van der Waals surface area contributed by atoms with E-state index in [0.717, 1.165) is 12.5 Å². The first-order valence-corrected chi connectivity index (χ1v) is 8.06. The summed E-state index contributed by atoms with van der Waals surface area (Å²) in [4.78, 5) is 4.43. The number of hydrogen-bond donors (Lipinski definition) is 1. The summed E-state index contributed by atoms with van der Waals surface area (Å²) in [5.74, 6) is 2.33. The third kappa shape index (κ3) is 3.95. The molecule has 1 aliphatic carbocycles. The van der Waals surface area contributed by atoms with Crippen LogP contribution in [0.25, 0.3) is 0 Å². The van der Waals surface area contributed by atoms with Crippen LogP contribution in [0.2, 0.25) is 0 Å². The summed E-state index contributed by atoms with van der Waals surface area (Å²) < 4.78 is 2.26. The van der Waals surface area contributed by atoms with Crippen LogP contribution < -0.4 is 5.32 Å². The van der Waals surface area contributed by atoms with E-state index in [2.05, 4.69) is 27.3 Å². The van der Waals surface area contributed by atoms with Crippen molar-refractivity contribution < 1.29 is 0 Å². The maximum Gasteiger partial charge on any atom is 0.202 e. The predicted molar refractivity (Wildman–Crippen MR) is 75.7 cm³/mol. The largest absolute Gasteiger partial charge is 0.353 e. The first kappa shape index (κ1) is 12.8. The van der Waals surface area contributed by atoms with Gasteiger partial charge in [0.15, 0.2) is 0 Å². The number of aromatic nitrogens is 2. The molecule has 1 heterocycles. The lowest BCUT2D eigenvalue weighted by Gasteiger charge is -2.14. The third-order valence-electron chi connectivity index (χ3n) is 3.40. The molecule has 1 aliphatic rings. The Balaban J connectivity index is 1.79. The van der Waals surface area contributed by atoms with Crippen molar-refractivity contribution in [2.75, 3.05) is 17.3 Å². The van der Waals surface area contributed by atoms with E-state index in [1.165, 1.54) is 44.3 Å². The molecule has 17 heavy (non-hydrogen) atoms. The highest BCUT2D eigenvalue weighted by atomic mass is 32.2. The lowest BCUT2D eigenvalue weighted by atomic mass is 10.2. The third-order valence-corrected chi connectivity index (χ3v) is 4.10. The van der Waals surface area contributed by atoms with Gasteiger partial charge >= 0.3 is 0 Å². The smallest absolute Gasteiger partial charge is 0.202 e. The number of thioether (sulfide) groups is 1. The van der Waals surface area contributed by atoms with Crippen molar-refractivity contribution in [2.24, 2.45) is 0 Å². The van der Waals surface area contributed by atoms with Crippen LogP contribution in [0.4, 0.5) is 5.95 Å². The Morgan fingerprint density at radius 2 is 2.24 bits per heavy atom. The highest BCUT2D eigenvalue weighted by Crippen LogP contribution is 2.21. The van der Waals surface area contributed by atoms with Crippen molar-refractivity contribution in [3.8, 4) is 0 Å². The van der Waals surface area contributed by atoms with E-state index < -0.39 is 0 Å². The van der Waals surface area contributed by atoms with Crippen LogP contribution in [-0.2, 0) is 6.54 Å². The Bertz CT molecular complexity index is 318. The van der Waals surface area contributed by atoms with E-state index in [4.69, 9.17) is 0 Å². The molecule has 0 atom stereocenters. The van der Waals surface area contributed by atoms with Gasteiger partial charge in [-0.15, -0.1) is 0 Å². The summed E-state index contributed by atoms with van der Waals surface area (Å²) >= 11 is 1.93. The molecule has 0 bridgehead atoms. The van der Waals surface area contributed by atoms with Crippen LogP contribution in [0.5, 0.6) is 0 Å². The first-order chi connectivity index (χ1) is 8.40. The maximum atomic E-state index is 4.43. The number of nitrogens with one attached hydrogen (secondary N) is 1. The topological polar surface area (TPSA) is 29.9 Å². The fraction of sp³-hybridized carbons (Fsp3) is 0.769. The van der Waals surface area contributed by atoms with Gasteiger partial charge in [-0.25, -0.2) is 4.98 Å². The minimum Gasteiger partial charge on any atom is -0.353 e. The molecule has 4 heteroatoms. The summed E-state index contributed by atoms with van der Waals surface area (Å²) in [6, 6.07) is 0.655. The van der Waals surface area contributed by atoms with Gasteiger partial charge in [0.1, 0.15) is 0 Å². The molecule has 1 aromatic rings. The summed E-state index contributed by atoms with van der Waals surface area (Å²) in [6.07, 6.45) is 14.1. The molecule has 1 saturated carbocycles. The van der Waals surface area contributed by atoms with E-state index >= 15 is 0 Å². The van der Waals surface area contributed by atoms with Crippen molar-refractivity contribution in [3.05, 3.63) is 12.4 Å². The second-order valence-corrected chi connectivity index (χ2v) is 5.76. The molecule has 1 N–H and O–H groups in total. The van der Waals surface area contributed by atoms with Crippen molar-refractivity contribution in [1.82, 2.24) is 9.55 Å². The quantitative estimate of drug-likeness (QED) is 0.756. The Morgan fingerprint density at radius 3 is 3.00 bits per heavy atom. The average molecular weight is 253 g/mol. The zero-order valence-electron chi connectivity index (χ0n) is 10.7. The molecule has 2 rings (SSSR count). The van der Waals surface area contributed by atoms with E-state index in [9.17, 15) is 0 Å². The monoisotopic (exact) mass is 253 g/mol. The van der Waals surface area contributed by atoms with Gasteiger partial charge in [-0.3, -0.25) is 0 Å². The minimum atomic E-state index is 0.655. The molecule has 1 fully saturated rings. The van der Waals surface area contributed by atoms with Gasteiger partial charge in [0.2, 0.25) is 5.95 Å². The molecule has 0 aromatic carbocycles. The Morgan fingerprint density at radius 1 is 1.41 bits per heavy atom. The minimum absolute atomic E-state index is 0.655. The van der Waals surface area contributed by atoms with Crippen LogP contribution in [0.1, 0.15) is 38.5 Å². The van der Waals surface area contributed by atoms with Crippen LogP contribution in [0, 0.1) is 0 Å². The fourth-order valence-electron chi connectivity index (χ4n) is 2.41. The van der Waals surface area contributed by atoms with Crippen molar-refractivity contribution in [1.29, 1.82) is 0 Å². The highest BCUT2D eigenvalue weighted by molar-refractivity contribution is 7.98. The SMILES string of the molecule is CSCCCCn1ccnc1NC1CCCC1. The predicted octanol–water partition coefficient (Wildman–Crippen LogP) is 3.38. The van der Waals surface area contributed by atoms with E-state index in [0.29, 0.717) is 6.04 Å². The van der Waals surface area contributed by atoms with Crippen LogP contribution in [0.15, 0.2) is 12.4 Å². The van der Waals surface area contributed by atoms with Gasteiger partial charge in [0.25, 0.3) is 0 Å². The number of anilines is 1. The van der Waals surface area contributed by atoms with Gasteiger partial charge in [-0.2, -0.15) is 11.8 Å². The molecule has 0 saturated heterocycles. The number of hydrogen-bond acceptors (Lipinski definition) is 3. The molecule has 0 radical (unpaired) electrons. The number of nitrogens with zero attached hydrogens (tertiary/aromatic N) is 2. The molecule has 3 nitrogen and oxygen atoms in total. The average Bonchev–Trinajstić information content (AvgIpc) is 2.97. The Kier molecular flexibility index (Phi) is 5.23. The Labute approximate surface area is 108 Å². The number of rotatable bonds is 7. The maximum absolute atomic E-state index is 4.43. The summed E-state index contributed by atoms with van der Waals surface area (Å²) in [7, 11) is 0. The lowest BCUT2D eigenvalue weighted by molar-refractivity contribution is 0.628. The molecule has 1 aromatic heterocycles. The second kappa shape index (κ2) is 6.94. The zero-order chi connectivity index (χ0) is 11.9. The highest BCUT2D eigenvalue weighted by Gasteiger charge is 2.16. The number of imidazole rings is 1. The Hall–Kier alpha value is -0.640. The van der Waals surface area contributed by atoms with Crippen LogP contribution >= 0.6 is 11.8 Å². The fourth-order valence-corrected chi connectivity index (χ4v) is 2.90. The van der Waals surface area contributed by atoms with E-state index in [-0.39, 0.29) is 0 Å². The summed E-state index contributed by atoms with van der Waals surface area (Å²) in [5.41, 5.74) is 0. The van der Waals surface area contributed by atoms with Crippen LogP contribution in [-0.4, -0.2) is 27.6 Å².